The van der Waals surface area contributed by atoms with Gasteiger partial charge in [-0.2, -0.15) is 0 Å². The number of hydrogen-bond acceptors (Lipinski definition) is 0. The topological polar surface area (TPSA) is 0 Å². The highest BCUT2D eigenvalue weighted by Gasteiger charge is 2.61. The van der Waals surface area contributed by atoms with Gasteiger partial charge in [-0.15, -0.1) is 11.6 Å². The van der Waals surface area contributed by atoms with E-state index in [-0.39, 0.29) is 17.4 Å². The monoisotopic (exact) mass is 320 g/mol. The van der Waals surface area contributed by atoms with Crippen molar-refractivity contribution < 1.29 is 8.78 Å². The minimum absolute atomic E-state index is 0.0666. The Morgan fingerprint density at radius 3 is 2.27 bits per heavy atom. The Kier molecular flexibility index (Phi) is 3.98. The number of benzene rings is 2. The lowest BCUT2D eigenvalue weighted by molar-refractivity contribution is 0.151. The molecule has 2 aromatic rings. The van der Waals surface area contributed by atoms with Crippen molar-refractivity contribution in [3.05, 3.63) is 70.8 Å². The first-order valence-corrected chi connectivity index (χ1v) is 7.98. The standard InChI is InChI=1S/C19H19ClF2/c1-3-12-7-9-13(10-8-12)16-17(19(16,2)20)14-5-4-6-15(11-14)18(21)22/h4-11,16-18H,3H2,1-2H3. The first kappa shape index (κ1) is 15.5. The molecule has 116 valence electrons. The zero-order chi connectivity index (χ0) is 15.9. The molecule has 1 saturated carbocycles. The second-order valence-electron chi connectivity index (χ2n) is 6.17. The van der Waals surface area contributed by atoms with E-state index in [2.05, 4.69) is 31.2 Å². The molecule has 0 nitrogen and oxygen atoms in total. The highest BCUT2D eigenvalue weighted by atomic mass is 35.5. The van der Waals surface area contributed by atoms with Crippen LogP contribution in [0.1, 0.15) is 54.4 Å². The van der Waals surface area contributed by atoms with Crippen molar-refractivity contribution in [2.45, 2.75) is 43.4 Å². The number of rotatable bonds is 4. The van der Waals surface area contributed by atoms with Gasteiger partial charge in [0.2, 0.25) is 0 Å². The molecule has 1 aliphatic rings. The Bertz CT molecular complexity index is 661. The lowest BCUT2D eigenvalue weighted by Crippen LogP contribution is -1.96. The smallest absolute Gasteiger partial charge is 0.205 e. The van der Waals surface area contributed by atoms with Crippen LogP contribution in [-0.4, -0.2) is 4.87 Å². The summed E-state index contributed by atoms with van der Waals surface area (Å²) in [6.45, 7) is 4.11. The van der Waals surface area contributed by atoms with Gasteiger partial charge in [0.05, 0.1) is 4.87 Å². The van der Waals surface area contributed by atoms with Crippen LogP contribution in [-0.2, 0) is 6.42 Å². The van der Waals surface area contributed by atoms with E-state index >= 15 is 0 Å². The molecular formula is C19H19ClF2. The fraction of sp³-hybridized carbons (Fsp3) is 0.368. The van der Waals surface area contributed by atoms with E-state index in [0.29, 0.717) is 0 Å². The van der Waals surface area contributed by atoms with Crippen LogP contribution in [0.2, 0.25) is 0 Å². The molecule has 0 aromatic heterocycles. The normalized spacial score (nSPS) is 27.2. The van der Waals surface area contributed by atoms with Crippen LogP contribution >= 0.6 is 11.6 Å². The average Bonchev–Trinajstić information content (AvgIpc) is 3.10. The molecule has 0 bridgehead atoms. The molecule has 0 heterocycles. The molecule has 0 radical (unpaired) electrons. The first-order valence-electron chi connectivity index (χ1n) is 7.61. The Morgan fingerprint density at radius 1 is 1.05 bits per heavy atom. The molecule has 3 atom stereocenters. The van der Waals surface area contributed by atoms with E-state index < -0.39 is 11.3 Å². The highest BCUT2D eigenvalue weighted by Crippen LogP contribution is 2.67. The first-order chi connectivity index (χ1) is 10.4. The Labute approximate surface area is 135 Å². The van der Waals surface area contributed by atoms with E-state index in [4.69, 9.17) is 11.6 Å². The summed E-state index contributed by atoms with van der Waals surface area (Å²) in [6.07, 6.45) is -1.44. The van der Waals surface area contributed by atoms with Crippen LogP contribution in [0.5, 0.6) is 0 Å². The quantitative estimate of drug-likeness (QED) is 0.600. The second-order valence-corrected chi connectivity index (χ2v) is 6.99. The summed E-state index contributed by atoms with van der Waals surface area (Å²) < 4.78 is 25.8. The minimum atomic E-state index is -2.44. The average molecular weight is 321 g/mol. The van der Waals surface area contributed by atoms with E-state index in [9.17, 15) is 8.78 Å². The van der Waals surface area contributed by atoms with Crippen LogP contribution in [0.25, 0.3) is 0 Å². The van der Waals surface area contributed by atoms with Gasteiger partial charge >= 0.3 is 0 Å². The molecule has 1 aliphatic carbocycles. The summed E-state index contributed by atoms with van der Waals surface area (Å²) in [5, 5.41) is 0. The Morgan fingerprint density at radius 2 is 1.68 bits per heavy atom. The molecule has 3 unspecified atom stereocenters. The summed E-state index contributed by atoms with van der Waals surface area (Å²) in [4.78, 5) is -0.408. The maximum absolute atomic E-state index is 12.9. The van der Waals surface area contributed by atoms with Gasteiger partial charge in [-0.25, -0.2) is 8.78 Å². The molecule has 0 N–H and O–H groups in total. The number of aryl methyl sites for hydroxylation is 1. The van der Waals surface area contributed by atoms with Crippen molar-refractivity contribution in [1.82, 2.24) is 0 Å². The summed E-state index contributed by atoms with van der Waals surface area (Å²) in [5.41, 5.74) is 3.44. The Hall–Kier alpha value is -1.41. The summed E-state index contributed by atoms with van der Waals surface area (Å²) >= 11 is 6.66. The van der Waals surface area contributed by atoms with Crippen molar-refractivity contribution in [2.75, 3.05) is 0 Å². The summed E-state index contributed by atoms with van der Waals surface area (Å²) in [5.74, 6) is 0.258. The van der Waals surface area contributed by atoms with Gasteiger partial charge in [0.25, 0.3) is 6.43 Å². The van der Waals surface area contributed by atoms with Crippen LogP contribution in [0.15, 0.2) is 48.5 Å². The predicted octanol–water partition coefficient (Wildman–Crippen LogP) is 6.07. The van der Waals surface area contributed by atoms with Crippen LogP contribution in [0, 0.1) is 0 Å². The van der Waals surface area contributed by atoms with Crippen LogP contribution < -0.4 is 0 Å². The van der Waals surface area contributed by atoms with Crippen molar-refractivity contribution in [1.29, 1.82) is 0 Å². The fourth-order valence-electron chi connectivity index (χ4n) is 3.37. The van der Waals surface area contributed by atoms with Crippen molar-refractivity contribution >= 4 is 11.6 Å². The predicted molar refractivity (Wildman–Crippen MR) is 87.0 cm³/mol. The van der Waals surface area contributed by atoms with Gasteiger partial charge in [0, 0.05) is 17.4 Å². The zero-order valence-electron chi connectivity index (χ0n) is 12.7. The summed E-state index contributed by atoms with van der Waals surface area (Å²) in [7, 11) is 0. The fourth-order valence-corrected chi connectivity index (χ4v) is 3.81. The number of halogens is 3. The lowest BCUT2D eigenvalue weighted by Gasteiger charge is -2.05. The second kappa shape index (κ2) is 5.66. The van der Waals surface area contributed by atoms with E-state index in [0.717, 1.165) is 12.0 Å². The van der Waals surface area contributed by atoms with Gasteiger partial charge in [-0.1, -0.05) is 49.4 Å². The number of alkyl halides is 3. The Balaban J connectivity index is 1.90. The van der Waals surface area contributed by atoms with E-state index in [1.807, 2.05) is 13.0 Å². The zero-order valence-corrected chi connectivity index (χ0v) is 13.4. The van der Waals surface area contributed by atoms with E-state index in [1.165, 1.54) is 17.2 Å². The molecule has 22 heavy (non-hydrogen) atoms. The van der Waals surface area contributed by atoms with Gasteiger partial charge in [-0.3, -0.25) is 0 Å². The SMILES string of the molecule is CCc1ccc(C2C(c3cccc(C(F)F)c3)C2(C)Cl)cc1. The third kappa shape index (κ3) is 2.65. The molecule has 2 aromatic carbocycles. The van der Waals surface area contributed by atoms with Crippen molar-refractivity contribution in [3.63, 3.8) is 0 Å². The maximum atomic E-state index is 12.9. The largest absolute Gasteiger partial charge is 0.263 e. The maximum Gasteiger partial charge on any atom is 0.263 e. The molecule has 3 rings (SSSR count). The van der Waals surface area contributed by atoms with Crippen molar-refractivity contribution in [3.8, 4) is 0 Å². The lowest BCUT2D eigenvalue weighted by atomic mass is 10.0. The van der Waals surface area contributed by atoms with Gasteiger partial charge in [0.1, 0.15) is 0 Å². The van der Waals surface area contributed by atoms with E-state index in [1.54, 1.807) is 12.1 Å². The summed E-state index contributed by atoms with van der Waals surface area (Å²) in [6, 6.07) is 15.1. The molecule has 1 fully saturated rings. The van der Waals surface area contributed by atoms with Gasteiger partial charge in [-0.05, 0) is 36.1 Å². The van der Waals surface area contributed by atoms with Crippen LogP contribution in [0.3, 0.4) is 0 Å². The molecule has 0 saturated heterocycles. The molecule has 0 aliphatic heterocycles. The number of hydrogen-bond donors (Lipinski definition) is 0. The van der Waals surface area contributed by atoms with Crippen LogP contribution in [0.4, 0.5) is 8.78 Å². The highest BCUT2D eigenvalue weighted by molar-refractivity contribution is 6.27. The molecule has 0 amide bonds. The molecule has 0 spiro atoms. The van der Waals surface area contributed by atoms with Crippen molar-refractivity contribution in [2.24, 2.45) is 0 Å². The third-order valence-corrected chi connectivity index (χ3v) is 5.18. The minimum Gasteiger partial charge on any atom is -0.205 e. The third-order valence-electron chi connectivity index (χ3n) is 4.71. The van der Waals surface area contributed by atoms with Gasteiger partial charge in [0.15, 0.2) is 0 Å². The molecular weight excluding hydrogens is 302 g/mol. The molecule has 3 heteroatoms. The van der Waals surface area contributed by atoms with Gasteiger partial charge < -0.3 is 0 Å².